The van der Waals surface area contributed by atoms with Gasteiger partial charge in [0, 0.05) is 23.6 Å². The number of hydrogen-bond donors (Lipinski definition) is 0. The van der Waals surface area contributed by atoms with Crippen LogP contribution in [0.15, 0.2) is 35.4 Å². The van der Waals surface area contributed by atoms with E-state index in [1.807, 2.05) is 31.2 Å². The summed E-state index contributed by atoms with van der Waals surface area (Å²) in [6.07, 6.45) is 3.27. The van der Waals surface area contributed by atoms with Crippen LogP contribution in [0.2, 0.25) is 0 Å². The maximum Gasteiger partial charge on any atom is 0.303 e. The van der Waals surface area contributed by atoms with E-state index in [0.717, 1.165) is 36.0 Å². The molecule has 0 aromatic heterocycles. The van der Waals surface area contributed by atoms with Gasteiger partial charge in [0.05, 0.1) is 0 Å². The van der Waals surface area contributed by atoms with Gasteiger partial charge >= 0.3 is 5.97 Å². The monoisotopic (exact) mass is 270 g/mol. The second-order valence-corrected chi connectivity index (χ2v) is 5.46. The molecule has 1 aromatic rings. The van der Waals surface area contributed by atoms with Gasteiger partial charge < -0.3 is 4.74 Å². The van der Waals surface area contributed by atoms with Gasteiger partial charge in [-0.05, 0) is 31.3 Å². The average Bonchev–Trinajstić information content (AvgIpc) is 2.93. The minimum Gasteiger partial charge on any atom is -0.450 e. The quantitative estimate of drug-likeness (QED) is 0.772. The number of allylic oxidation sites excluding steroid dienone is 1. The second-order valence-electron chi connectivity index (χ2n) is 5.46. The van der Waals surface area contributed by atoms with Crippen LogP contribution in [-0.4, -0.2) is 11.8 Å². The molecule has 2 aliphatic carbocycles. The van der Waals surface area contributed by atoms with Crippen molar-refractivity contribution < 1.29 is 14.3 Å². The molecule has 0 spiro atoms. The minimum absolute atomic E-state index is 0.115. The van der Waals surface area contributed by atoms with Gasteiger partial charge in [-0.2, -0.15) is 0 Å². The summed E-state index contributed by atoms with van der Waals surface area (Å²) in [4.78, 5) is 24.2. The molecule has 0 N–H and O–H groups in total. The number of Topliss-reactive ketones (excluding diaryl/α,β-unsaturated/α-hetero) is 1. The maximum absolute atomic E-state index is 12.6. The van der Waals surface area contributed by atoms with Gasteiger partial charge in [-0.15, -0.1) is 0 Å². The normalized spacial score (nSPS) is 24.4. The molecule has 2 aliphatic rings. The number of esters is 1. The van der Waals surface area contributed by atoms with E-state index in [2.05, 4.69) is 0 Å². The van der Waals surface area contributed by atoms with Crippen LogP contribution in [0.3, 0.4) is 0 Å². The van der Waals surface area contributed by atoms with Crippen molar-refractivity contribution in [3.63, 3.8) is 0 Å². The van der Waals surface area contributed by atoms with Crippen molar-refractivity contribution >= 4 is 11.8 Å². The van der Waals surface area contributed by atoms with Crippen LogP contribution in [0.1, 0.15) is 55.5 Å². The molecule has 3 rings (SSSR count). The minimum atomic E-state index is -0.734. The predicted octanol–water partition coefficient (Wildman–Crippen LogP) is 3.53. The lowest BCUT2D eigenvalue weighted by Gasteiger charge is -2.39. The molecule has 0 saturated heterocycles. The highest BCUT2D eigenvalue weighted by Gasteiger charge is 2.47. The Balaban J connectivity index is 2.28. The molecule has 0 radical (unpaired) electrons. The Morgan fingerprint density at radius 2 is 2.05 bits per heavy atom. The molecule has 0 saturated carbocycles. The van der Waals surface area contributed by atoms with Crippen LogP contribution in [-0.2, 0) is 15.1 Å². The summed E-state index contributed by atoms with van der Waals surface area (Å²) in [6.45, 7) is 3.45. The maximum atomic E-state index is 12.6. The van der Waals surface area contributed by atoms with E-state index in [1.165, 1.54) is 6.92 Å². The van der Waals surface area contributed by atoms with Gasteiger partial charge in [0.25, 0.3) is 0 Å². The molecule has 0 amide bonds. The summed E-state index contributed by atoms with van der Waals surface area (Å²) in [5.41, 5.74) is 2.70. The van der Waals surface area contributed by atoms with E-state index in [-0.39, 0.29) is 11.8 Å². The van der Waals surface area contributed by atoms with E-state index in [1.54, 1.807) is 0 Å². The molecule has 0 heterocycles. The van der Waals surface area contributed by atoms with Gasteiger partial charge in [0.15, 0.2) is 11.4 Å². The van der Waals surface area contributed by atoms with Crippen molar-refractivity contribution in [1.82, 2.24) is 0 Å². The summed E-state index contributed by atoms with van der Waals surface area (Å²) in [6, 6.07) is 7.53. The molecular formula is C17H18O3. The lowest BCUT2D eigenvalue weighted by Crippen LogP contribution is -2.38. The summed E-state index contributed by atoms with van der Waals surface area (Å²) in [5, 5.41) is 0. The number of ketones is 1. The van der Waals surface area contributed by atoms with Crippen molar-refractivity contribution in [2.45, 2.75) is 45.1 Å². The fourth-order valence-electron chi connectivity index (χ4n) is 3.64. The summed E-state index contributed by atoms with van der Waals surface area (Å²) in [7, 11) is 0. The molecule has 1 atom stereocenters. The summed E-state index contributed by atoms with van der Waals surface area (Å²) in [5.74, 6) is -0.181. The first kappa shape index (κ1) is 13.1. The van der Waals surface area contributed by atoms with Crippen LogP contribution >= 0.6 is 0 Å². The number of carbonyl (C=O) groups is 2. The first-order valence-electron chi connectivity index (χ1n) is 7.16. The fraction of sp³-hybridized carbons (Fsp3) is 0.412. The average molecular weight is 270 g/mol. The van der Waals surface area contributed by atoms with E-state index in [9.17, 15) is 9.59 Å². The Morgan fingerprint density at radius 1 is 1.30 bits per heavy atom. The highest BCUT2D eigenvalue weighted by atomic mass is 16.6. The third-order valence-electron chi connectivity index (χ3n) is 4.40. The van der Waals surface area contributed by atoms with Gasteiger partial charge in [-0.25, -0.2) is 0 Å². The molecule has 1 unspecified atom stereocenters. The highest BCUT2D eigenvalue weighted by molar-refractivity contribution is 6.12. The third kappa shape index (κ3) is 1.65. The lowest BCUT2D eigenvalue weighted by molar-refractivity contribution is -0.155. The summed E-state index contributed by atoms with van der Waals surface area (Å²) >= 11 is 0. The predicted molar refractivity (Wildman–Crippen MR) is 75.4 cm³/mol. The largest absolute Gasteiger partial charge is 0.450 e. The number of benzene rings is 1. The zero-order valence-electron chi connectivity index (χ0n) is 11.9. The van der Waals surface area contributed by atoms with Crippen molar-refractivity contribution in [3.05, 3.63) is 46.5 Å². The van der Waals surface area contributed by atoms with Crippen molar-refractivity contribution in [3.8, 4) is 0 Å². The first-order valence-corrected chi connectivity index (χ1v) is 7.16. The van der Waals surface area contributed by atoms with E-state index >= 15 is 0 Å². The van der Waals surface area contributed by atoms with Crippen molar-refractivity contribution in [2.75, 3.05) is 0 Å². The number of carbonyl (C=O) groups excluding carboxylic acids is 2. The molecule has 0 fully saturated rings. The smallest absolute Gasteiger partial charge is 0.303 e. The Morgan fingerprint density at radius 3 is 2.75 bits per heavy atom. The van der Waals surface area contributed by atoms with Crippen LogP contribution in [0.25, 0.3) is 0 Å². The number of ether oxygens (including phenoxy) is 1. The van der Waals surface area contributed by atoms with E-state index in [4.69, 9.17) is 4.74 Å². The summed E-state index contributed by atoms with van der Waals surface area (Å²) < 4.78 is 5.77. The molecule has 3 nitrogen and oxygen atoms in total. The Kier molecular flexibility index (Phi) is 3.00. The number of rotatable bonds is 2. The molecule has 1 aromatic carbocycles. The molecule has 0 aliphatic heterocycles. The SMILES string of the molecule is CCC1(OC(C)=O)C2=C(CCC2)C(=O)c2ccccc21. The van der Waals surface area contributed by atoms with Crippen LogP contribution in [0, 0.1) is 0 Å². The Bertz CT molecular complexity index is 627. The lowest BCUT2D eigenvalue weighted by atomic mass is 9.73. The van der Waals surface area contributed by atoms with Crippen LogP contribution < -0.4 is 0 Å². The molecule has 104 valence electrons. The second kappa shape index (κ2) is 4.58. The number of hydrogen-bond acceptors (Lipinski definition) is 3. The van der Waals surface area contributed by atoms with Gasteiger partial charge in [0.2, 0.25) is 0 Å². The topological polar surface area (TPSA) is 43.4 Å². The Hall–Kier alpha value is -1.90. The van der Waals surface area contributed by atoms with Gasteiger partial charge in [-0.3, -0.25) is 9.59 Å². The van der Waals surface area contributed by atoms with Crippen molar-refractivity contribution in [1.29, 1.82) is 0 Å². The highest BCUT2D eigenvalue weighted by Crippen LogP contribution is 2.50. The molecular weight excluding hydrogens is 252 g/mol. The first-order chi connectivity index (χ1) is 9.60. The van der Waals surface area contributed by atoms with Crippen LogP contribution in [0.4, 0.5) is 0 Å². The molecule has 0 bridgehead atoms. The van der Waals surface area contributed by atoms with Crippen molar-refractivity contribution in [2.24, 2.45) is 0 Å². The molecule has 3 heteroatoms. The number of fused-ring (bicyclic) bond motifs is 1. The van der Waals surface area contributed by atoms with Gasteiger partial charge in [-0.1, -0.05) is 31.2 Å². The Labute approximate surface area is 118 Å². The zero-order chi connectivity index (χ0) is 14.3. The molecule has 20 heavy (non-hydrogen) atoms. The standard InChI is InChI=1S/C17H18O3/c1-3-17(20-11(2)18)14-9-5-4-7-12(14)16(19)13-8-6-10-15(13)17/h4-5,7,9H,3,6,8,10H2,1-2H3. The third-order valence-corrected chi connectivity index (χ3v) is 4.40. The van der Waals surface area contributed by atoms with Crippen LogP contribution in [0.5, 0.6) is 0 Å². The fourth-order valence-corrected chi connectivity index (χ4v) is 3.64. The zero-order valence-corrected chi connectivity index (χ0v) is 11.9. The van der Waals surface area contributed by atoms with E-state index < -0.39 is 5.60 Å². The van der Waals surface area contributed by atoms with E-state index in [0.29, 0.717) is 12.0 Å². The van der Waals surface area contributed by atoms with Gasteiger partial charge in [0.1, 0.15) is 0 Å².